The molecule has 2 amide bonds. The van der Waals surface area contributed by atoms with Crippen LogP contribution in [0.2, 0.25) is 0 Å². The molecule has 2 aliphatic rings. The van der Waals surface area contributed by atoms with Gasteiger partial charge in [0.1, 0.15) is 6.04 Å². The second kappa shape index (κ2) is 6.18. The van der Waals surface area contributed by atoms with Crippen LogP contribution in [0.5, 0.6) is 0 Å². The highest BCUT2D eigenvalue weighted by atomic mass is 16.5. The quantitative estimate of drug-likeness (QED) is 0.653. The van der Waals surface area contributed by atoms with E-state index in [1.807, 2.05) is 0 Å². The molecule has 2 aliphatic heterocycles. The summed E-state index contributed by atoms with van der Waals surface area (Å²) in [5, 5.41) is 0. The molecular weight excluding hydrogens is 232 g/mol. The Morgan fingerprint density at radius 3 is 2.89 bits per heavy atom. The van der Waals surface area contributed by atoms with Gasteiger partial charge in [-0.15, -0.1) is 0 Å². The molecule has 0 bridgehead atoms. The molecular formula is C13H22N2O3. The van der Waals surface area contributed by atoms with Crippen LogP contribution in [0.1, 0.15) is 32.1 Å². The molecule has 5 nitrogen and oxygen atoms in total. The first-order valence-corrected chi connectivity index (χ1v) is 6.81. The highest BCUT2D eigenvalue weighted by Gasteiger charge is 2.41. The van der Waals surface area contributed by atoms with E-state index in [4.69, 9.17) is 4.74 Å². The fourth-order valence-corrected chi connectivity index (χ4v) is 2.78. The first-order valence-electron chi connectivity index (χ1n) is 6.81. The van der Waals surface area contributed by atoms with E-state index in [9.17, 15) is 9.59 Å². The minimum Gasteiger partial charge on any atom is -0.385 e. The predicted molar refractivity (Wildman–Crippen MR) is 67.0 cm³/mol. The van der Waals surface area contributed by atoms with E-state index >= 15 is 0 Å². The van der Waals surface area contributed by atoms with Crippen LogP contribution in [0.25, 0.3) is 0 Å². The summed E-state index contributed by atoms with van der Waals surface area (Å²) in [6.45, 7) is 2.51. The van der Waals surface area contributed by atoms with Crippen molar-refractivity contribution in [2.45, 2.75) is 38.1 Å². The van der Waals surface area contributed by atoms with Crippen LogP contribution in [0.3, 0.4) is 0 Å². The van der Waals surface area contributed by atoms with Crippen molar-refractivity contribution in [2.24, 2.45) is 0 Å². The van der Waals surface area contributed by atoms with E-state index in [1.54, 1.807) is 16.9 Å². The summed E-state index contributed by atoms with van der Waals surface area (Å²) in [7, 11) is 1.70. The van der Waals surface area contributed by atoms with E-state index in [-0.39, 0.29) is 24.4 Å². The molecule has 18 heavy (non-hydrogen) atoms. The lowest BCUT2D eigenvalue weighted by molar-refractivity contribution is -0.153. The lowest BCUT2D eigenvalue weighted by Crippen LogP contribution is -2.57. The SMILES string of the molecule is COCCCCCN1CC(=O)N2CCCC2C1=O. The maximum Gasteiger partial charge on any atom is 0.245 e. The highest BCUT2D eigenvalue weighted by molar-refractivity contribution is 5.95. The molecule has 1 atom stereocenters. The Hall–Kier alpha value is -1.10. The summed E-state index contributed by atoms with van der Waals surface area (Å²) in [6.07, 6.45) is 4.81. The van der Waals surface area contributed by atoms with Gasteiger partial charge < -0.3 is 14.5 Å². The van der Waals surface area contributed by atoms with Crippen molar-refractivity contribution in [1.29, 1.82) is 0 Å². The number of fused-ring (bicyclic) bond motifs is 1. The molecule has 2 rings (SSSR count). The molecule has 0 spiro atoms. The number of nitrogens with zero attached hydrogens (tertiary/aromatic N) is 2. The Morgan fingerprint density at radius 2 is 2.11 bits per heavy atom. The maximum absolute atomic E-state index is 12.2. The van der Waals surface area contributed by atoms with Gasteiger partial charge in [0.2, 0.25) is 11.8 Å². The number of carbonyl (C=O) groups is 2. The maximum atomic E-state index is 12.2. The fourth-order valence-electron chi connectivity index (χ4n) is 2.78. The van der Waals surface area contributed by atoms with Crippen LogP contribution in [0.15, 0.2) is 0 Å². The van der Waals surface area contributed by atoms with Crippen LogP contribution >= 0.6 is 0 Å². The van der Waals surface area contributed by atoms with E-state index in [2.05, 4.69) is 0 Å². The van der Waals surface area contributed by atoms with Crippen LogP contribution in [0.4, 0.5) is 0 Å². The topological polar surface area (TPSA) is 49.9 Å². The standard InChI is InChI=1S/C13H22N2O3/c1-18-9-4-2-3-7-14-10-12(16)15-8-5-6-11(15)13(14)17/h11H,2-10H2,1H3. The Balaban J connectivity index is 1.78. The first-order chi connectivity index (χ1) is 8.74. The number of hydrogen-bond acceptors (Lipinski definition) is 3. The molecule has 0 aliphatic carbocycles. The largest absolute Gasteiger partial charge is 0.385 e. The van der Waals surface area contributed by atoms with Crippen LogP contribution in [0, 0.1) is 0 Å². The van der Waals surface area contributed by atoms with Crippen molar-refractivity contribution in [3.63, 3.8) is 0 Å². The molecule has 2 saturated heterocycles. The Labute approximate surface area is 108 Å². The van der Waals surface area contributed by atoms with Gasteiger partial charge in [0.15, 0.2) is 0 Å². The first kappa shape index (κ1) is 13.3. The normalized spacial score (nSPS) is 23.7. The minimum absolute atomic E-state index is 0.119. The molecule has 2 fully saturated rings. The number of hydrogen-bond donors (Lipinski definition) is 0. The zero-order valence-corrected chi connectivity index (χ0v) is 11.1. The smallest absolute Gasteiger partial charge is 0.245 e. The van der Waals surface area contributed by atoms with Crippen LogP contribution in [-0.4, -0.2) is 61.0 Å². The van der Waals surface area contributed by atoms with Gasteiger partial charge in [-0.2, -0.15) is 0 Å². The van der Waals surface area contributed by atoms with Crippen LogP contribution < -0.4 is 0 Å². The fraction of sp³-hybridized carbons (Fsp3) is 0.846. The summed E-state index contributed by atoms with van der Waals surface area (Å²) in [5.41, 5.74) is 0. The zero-order chi connectivity index (χ0) is 13.0. The lowest BCUT2D eigenvalue weighted by atomic mass is 10.1. The molecule has 0 aromatic rings. The number of unbranched alkanes of at least 4 members (excludes halogenated alkanes) is 2. The summed E-state index contributed by atoms with van der Waals surface area (Å²) >= 11 is 0. The van der Waals surface area contributed by atoms with Crippen molar-refractivity contribution in [1.82, 2.24) is 9.80 Å². The molecule has 0 radical (unpaired) electrons. The molecule has 0 aromatic heterocycles. The molecule has 1 unspecified atom stereocenters. The third kappa shape index (κ3) is 2.83. The van der Waals surface area contributed by atoms with E-state index in [0.29, 0.717) is 6.54 Å². The van der Waals surface area contributed by atoms with Crippen molar-refractivity contribution in [3.05, 3.63) is 0 Å². The molecule has 0 aromatic carbocycles. The van der Waals surface area contributed by atoms with Gasteiger partial charge in [-0.1, -0.05) is 0 Å². The summed E-state index contributed by atoms with van der Waals surface area (Å²) in [6, 6.07) is -0.162. The van der Waals surface area contributed by atoms with Gasteiger partial charge in [0, 0.05) is 26.8 Å². The number of ether oxygens (including phenoxy) is 1. The van der Waals surface area contributed by atoms with Crippen molar-refractivity contribution in [2.75, 3.05) is 33.4 Å². The van der Waals surface area contributed by atoms with Crippen molar-refractivity contribution in [3.8, 4) is 0 Å². The van der Waals surface area contributed by atoms with Crippen molar-refractivity contribution < 1.29 is 14.3 Å². The van der Waals surface area contributed by atoms with E-state index in [0.717, 1.165) is 45.3 Å². The second-order valence-corrected chi connectivity index (χ2v) is 5.06. The third-order valence-electron chi connectivity index (χ3n) is 3.77. The van der Waals surface area contributed by atoms with Gasteiger partial charge in [0.25, 0.3) is 0 Å². The minimum atomic E-state index is -0.162. The molecule has 0 N–H and O–H groups in total. The molecule has 2 heterocycles. The molecule has 102 valence electrons. The zero-order valence-electron chi connectivity index (χ0n) is 11.1. The lowest BCUT2D eigenvalue weighted by Gasteiger charge is -2.36. The van der Waals surface area contributed by atoms with Gasteiger partial charge in [-0.3, -0.25) is 9.59 Å². The van der Waals surface area contributed by atoms with Gasteiger partial charge >= 0.3 is 0 Å². The monoisotopic (exact) mass is 254 g/mol. The molecule has 0 saturated carbocycles. The van der Waals surface area contributed by atoms with Gasteiger partial charge in [0.05, 0.1) is 6.54 Å². The average molecular weight is 254 g/mol. The second-order valence-electron chi connectivity index (χ2n) is 5.06. The van der Waals surface area contributed by atoms with Crippen LogP contribution in [-0.2, 0) is 14.3 Å². The van der Waals surface area contributed by atoms with Gasteiger partial charge in [-0.05, 0) is 32.1 Å². The summed E-state index contributed by atoms with van der Waals surface area (Å²) < 4.78 is 4.99. The van der Waals surface area contributed by atoms with Gasteiger partial charge in [-0.25, -0.2) is 0 Å². The molecule has 5 heteroatoms. The highest BCUT2D eigenvalue weighted by Crippen LogP contribution is 2.23. The predicted octanol–water partition coefficient (Wildman–Crippen LogP) is 0.636. The third-order valence-corrected chi connectivity index (χ3v) is 3.77. The Kier molecular flexibility index (Phi) is 4.58. The number of amides is 2. The Morgan fingerprint density at radius 1 is 1.28 bits per heavy atom. The number of piperazine rings is 1. The van der Waals surface area contributed by atoms with E-state index in [1.165, 1.54) is 0 Å². The summed E-state index contributed by atoms with van der Waals surface area (Å²) in [4.78, 5) is 27.6. The average Bonchev–Trinajstić information content (AvgIpc) is 2.84. The summed E-state index contributed by atoms with van der Waals surface area (Å²) in [5.74, 6) is 0.271. The number of rotatable bonds is 6. The number of methoxy groups -OCH3 is 1. The number of carbonyl (C=O) groups excluding carboxylic acids is 2. The Bertz CT molecular complexity index is 319. The van der Waals surface area contributed by atoms with Crippen molar-refractivity contribution >= 4 is 11.8 Å². The van der Waals surface area contributed by atoms with E-state index < -0.39 is 0 Å².